The second kappa shape index (κ2) is 6.63. The fourth-order valence-corrected chi connectivity index (χ4v) is 1.98. The van der Waals surface area contributed by atoms with Gasteiger partial charge in [-0.05, 0) is 12.0 Å². The normalized spacial score (nSPS) is 12.5. The van der Waals surface area contributed by atoms with Crippen molar-refractivity contribution < 1.29 is 19.7 Å². The molecule has 0 spiro atoms. The fourth-order valence-electron chi connectivity index (χ4n) is 1.75. The first-order valence-electron chi connectivity index (χ1n) is 5.88. The van der Waals surface area contributed by atoms with E-state index in [0.717, 1.165) is 0 Å². The van der Waals surface area contributed by atoms with Crippen LogP contribution >= 0.6 is 11.6 Å². The highest BCUT2D eigenvalue weighted by Crippen LogP contribution is 2.33. The lowest BCUT2D eigenvalue weighted by Crippen LogP contribution is -2.40. The SMILES string of the molecule is COc1cc(Cl)cc(CNC(C(=O)O)C(C)C)c1O. The molecule has 1 aromatic rings. The smallest absolute Gasteiger partial charge is 0.320 e. The van der Waals surface area contributed by atoms with Crippen LogP contribution in [0.3, 0.4) is 0 Å². The predicted molar refractivity (Wildman–Crippen MR) is 72.8 cm³/mol. The molecule has 0 radical (unpaired) electrons. The van der Waals surface area contributed by atoms with E-state index in [2.05, 4.69) is 5.32 Å². The van der Waals surface area contributed by atoms with Crippen molar-refractivity contribution in [2.75, 3.05) is 7.11 Å². The molecule has 5 nitrogen and oxygen atoms in total. The number of phenols is 1. The van der Waals surface area contributed by atoms with Crippen LogP contribution in [-0.2, 0) is 11.3 Å². The van der Waals surface area contributed by atoms with E-state index in [1.807, 2.05) is 13.8 Å². The van der Waals surface area contributed by atoms with E-state index in [1.54, 1.807) is 6.07 Å². The number of hydrogen-bond donors (Lipinski definition) is 3. The van der Waals surface area contributed by atoms with Crippen LogP contribution in [0.4, 0.5) is 0 Å². The lowest BCUT2D eigenvalue weighted by Gasteiger charge is -2.18. The quantitative estimate of drug-likeness (QED) is 0.748. The van der Waals surface area contributed by atoms with E-state index >= 15 is 0 Å². The number of methoxy groups -OCH3 is 1. The minimum absolute atomic E-state index is 0.0349. The van der Waals surface area contributed by atoms with Gasteiger partial charge in [0.15, 0.2) is 11.5 Å². The standard InChI is InChI=1S/C13H18ClNO4/c1-7(2)11(13(17)18)15-6-8-4-9(14)5-10(19-3)12(8)16/h4-5,7,11,15-16H,6H2,1-3H3,(H,17,18). The van der Waals surface area contributed by atoms with E-state index < -0.39 is 12.0 Å². The molecule has 0 saturated carbocycles. The number of carboxylic acid groups (broad SMARTS) is 1. The van der Waals surface area contributed by atoms with Crippen LogP contribution in [0.15, 0.2) is 12.1 Å². The zero-order chi connectivity index (χ0) is 14.6. The number of rotatable bonds is 6. The van der Waals surface area contributed by atoms with Crippen LogP contribution in [0.1, 0.15) is 19.4 Å². The molecule has 0 aliphatic carbocycles. The van der Waals surface area contributed by atoms with Crippen molar-refractivity contribution in [2.45, 2.75) is 26.4 Å². The molecule has 0 aromatic heterocycles. The van der Waals surface area contributed by atoms with Crippen molar-refractivity contribution in [3.05, 3.63) is 22.7 Å². The molecule has 1 aromatic carbocycles. The Morgan fingerprint density at radius 3 is 2.58 bits per heavy atom. The minimum atomic E-state index is -0.927. The number of ether oxygens (including phenoxy) is 1. The number of carboxylic acids is 1. The Morgan fingerprint density at radius 1 is 1.47 bits per heavy atom. The molecule has 1 unspecified atom stereocenters. The molecular formula is C13H18ClNO4. The zero-order valence-electron chi connectivity index (χ0n) is 11.1. The number of nitrogens with one attached hydrogen (secondary N) is 1. The Labute approximate surface area is 117 Å². The number of halogens is 1. The summed E-state index contributed by atoms with van der Waals surface area (Å²) in [6.45, 7) is 3.81. The van der Waals surface area contributed by atoms with Gasteiger partial charge in [0.05, 0.1) is 7.11 Å². The van der Waals surface area contributed by atoms with E-state index in [1.165, 1.54) is 13.2 Å². The third-order valence-electron chi connectivity index (χ3n) is 2.78. The first-order chi connectivity index (χ1) is 8.86. The largest absolute Gasteiger partial charge is 0.504 e. The zero-order valence-corrected chi connectivity index (χ0v) is 11.9. The lowest BCUT2D eigenvalue weighted by molar-refractivity contribution is -0.140. The molecule has 0 amide bonds. The lowest BCUT2D eigenvalue weighted by atomic mass is 10.0. The van der Waals surface area contributed by atoms with Crippen molar-refractivity contribution in [1.82, 2.24) is 5.32 Å². The fraction of sp³-hybridized carbons (Fsp3) is 0.462. The molecule has 0 aliphatic heterocycles. The average Bonchev–Trinajstić information content (AvgIpc) is 2.32. The number of hydrogen-bond acceptors (Lipinski definition) is 4. The second-order valence-electron chi connectivity index (χ2n) is 4.56. The number of phenolic OH excluding ortho intramolecular Hbond substituents is 1. The summed E-state index contributed by atoms with van der Waals surface area (Å²) >= 11 is 5.91. The van der Waals surface area contributed by atoms with Crippen molar-refractivity contribution in [1.29, 1.82) is 0 Å². The van der Waals surface area contributed by atoms with Gasteiger partial charge in [-0.15, -0.1) is 0 Å². The maximum atomic E-state index is 11.1. The predicted octanol–water partition coefficient (Wildman–Crippen LogP) is 2.25. The number of aromatic hydroxyl groups is 1. The summed E-state index contributed by atoms with van der Waals surface area (Å²) in [5.41, 5.74) is 0.497. The van der Waals surface area contributed by atoms with E-state index in [-0.39, 0.29) is 24.0 Å². The molecule has 106 valence electrons. The average molecular weight is 288 g/mol. The Kier molecular flexibility index (Phi) is 5.44. The van der Waals surface area contributed by atoms with Crippen LogP contribution in [0.2, 0.25) is 5.02 Å². The molecule has 0 heterocycles. The Balaban J connectivity index is 2.88. The molecule has 1 rings (SSSR count). The maximum Gasteiger partial charge on any atom is 0.320 e. The summed E-state index contributed by atoms with van der Waals surface area (Å²) < 4.78 is 4.99. The van der Waals surface area contributed by atoms with Crippen molar-refractivity contribution >= 4 is 17.6 Å². The van der Waals surface area contributed by atoms with Gasteiger partial charge in [-0.1, -0.05) is 25.4 Å². The first-order valence-corrected chi connectivity index (χ1v) is 6.26. The Bertz CT molecular complexity index is 462. The van der Waals surface area contributed by atoms with Gasteiger partial charge in [0, 0.05) is 23.2 Å². The highest BCUT2D eigenvalue weighted by atomic mass is 35.5. The van der Waals surface area contributed by atoms with E-state index in [9.17, 15) is 9.90 Å². The Morgan fingerprint density at radius 2 is 2.11 bits per heavy atom. The third kappa shape index (κ3) is 4.01. The monoisotopic (exact) mass is 287 g/mol. The third-order valence-corrected chi connectivity index (χ3v) is 3.00. The van der Waals surface area contributed by atoms with Crippen molar-refractivity contribution in [3.8, 4) is 11.5 Å². The van der Waals surface area contributed by atoms with Crippen molar-refractivity contribution in [2.24, 2.45) is 5.92 Å². The van der Waals surface area contributed by atoms with E-state index in [0.29, 0.717) is 10.6 Å². The summed E-state index contributed by atoms with van der Waals surface area (Å²) in [4.78, 5) is 11.1. The van der Waals surface area contributed by atoms with E-state index in [4.69, 9.17) is 21.4 Å². The molecule has 0 bridgehead atoms. The molecule has 0 fully saturated rings. The van der Waals surface area contributed by atoms with Gasteiger partial charge in [0.1, 0.15) is 6.04 Å². The molecule has 3 N–H and O–H groups in total. The van der Waals surface area contributed by atoms with Crippen molar-refractivity contribution in [3.63, 3.8) is 0 Å². The molecule has 1 atom stereocenters. The van der Waals surface area contributed by atoms with Crippen LogP contribution < -0.4 is 10.1 Å². The number of aliphatic carboxylic acids is 1. The summed E-state index contributed by atoms with van der Waals surface area (Å²) in [5.74, 6) is -0.766. The first kappa shape index (κ1) is 15.6. The van der Waals surface area contributed by atoms with Gasteiger partial charge in [0.25, 0.3) is 0 Å². The van der Waals surface area contributed by atoms with Gasteiger partial charge < -0.3 is 14.9 Å². The second-order valence-corrected chi connectivity index (χ2v) is 4.99. The Hall–Kier alpha value is -1.46. The molecule has 0 aliphatic rings. The van der Waals surface area contributed by atoms with Crippen LogP contribution in [0, 0.1) is 5.92 Å². The maximum absolute atomic E-state index is 11.1. The summed E-state index contributed by atoms with van der Waals surface area (Å²) in [6, 6.07) is 2.38. The molecule has 6 heteroatoms. The van der Waals surface area contributed by atoms with Gasteiger partial charge in [-0.2, -0.15) is 0 Å². The van der Waals surface area contributed by atoms with Gasteiger partial charge in [-0.25, -0.2) is 0 Å². The van der Waals surface area contributed by atoms with Crippen LogP contribution in [0.5, 0.6) is 11.5 Å². The van der Waals surface area contributed by atoms with Gasteiger partial charge in [0.2, 0.25) is 0 Å². The molecule has 0 saturated heterocycles. The minimum Gasteiger partial charge on any atom is -0.504 e. The summed E-state index contributed by atoms with van der Waals surface area (Å²) in [7, 11) is 1.43. The highest BCUT2D eigenvalue weighted by Gasteiger charge is 2.21. The molecule has 19 heavy (non-hydrogen) atoms. The molecular weight excluding hydrogens is 270 g/mol. The van der Waals surface area contributed by atoms with Crippen LogP contribution in [-0.4, -0.2) is 29.3 Å². The summed E-state index contributed by atoms with van der Waals surface area (Å²) in [5, 5.41) is 22.3. The number of carbonyl (C=O) groups is 1. The van der Waals surface area contributed by atoms with Gasteiger partial charge >= 0.3 is 5.97 Å². The summed E-state index contributed by atoms with van der Waals surface area (Å²) in [6.07, 6.45) is 0. The van der Waals surface area contributed by atoms with Gasteiger partial charge in [-0.3, -0.25) is 10.1 Å². The number of benzene rings is 1. The topological polar surface area (TPSA) is 78.8 Å². The highest BCUT2D eigenvalue weighted by molar-refractivity contribution is 6.30. The van der Waals surface area contributed by atoms with Crippen LogP contribution in [0.25, 0.3) is 0 Å².